The molecule has 3 rings (SSSR count). The van der Waals surface area contributed by atoms with Crippen LogP contribution in [0.1, 0.15) is 38.7 Å². The van der Waals surface area contributed by atoms with E-state index in [1.807, 2.05) is 44.2 Å². The molecule has 7 nitrogen and oxygen atoms in total. The molecular weight excluding hydrogens is 426 g/mol. The van der Waals surface area contributed by atoms with Crippen molar-refractivity contribution in [2.45, 2.75) is 44.4 Å². The van der Waals surface area contributed by atoms with Crippen molar-refractivity contribution in [1.29, 1.82) is 0 Å². The standard InChI is InChI=1S/C24H33N3O4S/c1-4-27(5-2)32(29,30)21-13-14-23(26-16-6-7-17-26)22(18-21)25-24(28)15-10-19-8-11-20(31-3)12-9-19/h8-9,11-14,18H,4-7,10,15-17H2,1-3H3,(H,25,28). The highest BCUT2D eigenvalue weighted by molar-refractivity contribution is 7.89. The number of rotatable bonds is 10. The van der Waals surface area contributed by atoms with Crippen LogP contribution in [0.25, 0.3) is 0 Å². The molecule has 32 heavy (non-hydrogen) atoms. The summed E-state index contributed by atoms with van der Waals surface area (Å²) < 4.78 is 32.6. The minimum Gasteiger partial charge on any atom is -0.497 e. The number of carbonyl (C=O) groups excluding carboxylic acids is 1. The minimum absolute atomic E-state index is 0.140. The lowest BCUT2D eigenvalue weighted by Crippen LogP contribution is -2.31. The minimum atomic E-state index is -3.61. The molecule has 8 heteroatoms. The number of nitrogens with zero attached hydrogens (tertiary/aromatic N) is 2. The van der Waals surface area contributed by atoms with E-state index in [-0.39, 0.29) is 10.8 Å². The number of methoxy groups -OCH3 is 1. The van der Waals surface area contributed by atoms with Crippen LogP contribution in [0.3, 0.4) is 0 Å². The van der Waals surface area contributed by atoms with Crippen LogP contribution in [-0.4, -0.2) is 51.9 Å². The number of aryl methyl sites for hydroxylation is 1. The van der Waals surface area contributed by atoms with Crippen LogP contribution in [0, 0.1) is 0 Å². The number of nitrogens with one attached hydrogen (secondary N) is 1. The van der Waals surface area contributed by atoms with Gasteiger partial charge in [-0.3, -0.25) is 4.79 Å². The quantitative estimate of drug-likeness (QED) is 0.583. The van der Waals surface area contributed by atoms with Gasteiger partial charge in [-0.25, -0.2) is 8.42 Å². The summed E-state index contributed by atoms with van der Waals surface area (Å²) in [6, 6.07) is 12.7. The molecule has 174 valence electrons. The third-order valence-corrected chi connectivity index (χ3v) is 7.88. The molecule has 0 spiro atoms. The Morgan fingerprint density at radius 2 is 1.72 bits per heavy atom. The maximum Gasteiger partial charge on any atom is 0.243 e. The van der Waals surface area contributed by atoms with E-state index in [2.05, 4.69) is 10.2 Å². The van der Waals surface area contributed by atoms with Gasteiger partial charge in [0.1, 0.15) is 5.75 Å². The molecule has 1 fully saturated rings. The summed E-state index contributed by atoms with van der Waals surface area (Å²) in [4.78, 5) is 15.2. The lowest BCUT2D eigenvalue weighted by molar-refractivity contribution is -0.116. The molecule has 1 saturated heterocycles. The maximum atomic E-state index is 13.0. The van der Waals surface area contributed by atoms with E-state index in [0.29, 0.717) is 31.6 Å². The zero-order chi connectivity index (χ0) is 23.1. The second-order valence-corrected chi connectivity index (χ2v) is 9.80. The highest BCUT2D eigenvalue weighted by Gasteiger charge is 2.25. The Morgan fingerprint density at radius 3 is 2.31 bits per heavy atom. The molecule has 1 heterocycles. The van der Waals surface area contributed by atoms with Crippen LogP contribution in [-0.2, 0) is 21.2 Å². The second-order valence-electron chi connectivity index (χ2n) is 7.86. The van der Waals surface area contributed by atoms with Gasteiger partial charge in [-0.1, -0.05) is 26.0 Å². The highest BCUT2D eigenvalue weighted by atomic mass is 32.2. The molecular formula is C24H33N3O4S. The molecule has 2 aromatic carbocycles. The zero-order valence-corrected chi connectivity index (χ0v) is 20.0. The monoisotopic (exact) mass is 459 g/mol. The van der Waals surface area contributed by atoms with Crippen molar-refractivity contribution >= 4 is 27.3 Å². The van der Waals surface area contributed by atoms with Gasteiger partial charge in [0.15, 0.2) is 0 Å². The molecule has 1 aliphatic rings. The second kappa shape index (κ2) is 10.8. The number of carbonyl (C=O) groups is 1. The first kappa shape index (κ1) is 24.1. The number of benzene rings is 2. The Morgan fingerprint density at radius 1 is 1.06 bits per heavy atom. The SMILES string of the molecule is CCN(CC)S(=O)(=O)c1ccc(N2CCCC2)c(NC(=O)CCc2ccc(OC)cc2)c1. The van der Waals surface area contributed by atoms with E-state index >= 15 is 0 Å². The van der Waals surface area contributed by atoms with Gasteiger partial charge in [-0.05, 0) is 55.2 Å². The predicted molar refractivity (Wildman–Crippen MR) is 128 cm³/mol. The van der Waals surface area contributed by atoms with Crippen LogP contribution in [0.15, 0.2) is 47.4 Å². The summed E-state index contributed by atoms with van der Waals surface area (Å²) in [5.74, 6) is 0.637. The van der Waals surface area contributed by atoms with E-state index < -0.39 is 10.0 Å². The van der Waals surface area contributed by atoms with Crippen LogP contribution in [0.5, 0.6) is 5.75 Å². The lowest BCUT2D eigenvalue weighted by Gasteiger charge is -2.24. The molecule has 0 saturated carbocycles. The van der Waals surface area contributed by atoms with E-state index in [4.69, 9.17) is 4.74 Å². The van der Waals surface area contributed by atoms with Gasteiger partial charge >= 0.3 is 0 Å². The van der Waals surface area contributed by atoms with Crippen LogP contribution in [0.2, 0.25) is 0 Å². The van der Waals surface area contributed by atoms with E-state index in [1.165, 1.54) is 4.31 Å². The van der Waals surface area contributed by atoms with Crippen LogP contribution in [0.4, 0.5) is 11.4 Å². The highest BCUT2D eigenvalue weighted by Crippen LogP contribution is 2.32. The molecule has 0 radical (unpaired) electrons. The van der Waals surface area contributed by atoms with Gasteiger partial charge in [0.2, 0.25) is 15.9 Å². The smallest absolute Gasteiger partial charge is 0.243 e. The molecule has 1 aliphatic heterocycles. The fourth-order valence-electron chi connectivity index (χ4n) is 3.98. The Bertz CT molecular complexity index is 1010. The molecule has 0 bridgehead atoms. The summed E-state index contributed by atoms with van der Waals surface area (Å²) in [5, 5.41) is 2.98. The fraction of sp³-hybridized carbons (Fsp3) is 0.458. The van der Waals surface area contributed by atoms with Gasteiger partial charge in [0.05, 0.1) is 23.4 Å². The third-order valence-electron chi connectivity index (χ3n) is 5.83. The van der Waals surface area contributed by atoms with Crippen molar-refractivity contribution in [3.63, 3.8) is 0 Å². The predicted octanol–water partition coefficient (Wildman–Crippen LogP) is 3.90. The summed E-state index contributed by atoms with van der Waals surface area (Å²) in [6.07, 6.45) is 3.07. The largest absolute Gasteiger partial charge is 0.497 e. The number of anilines is 2. The Hall–Kier alpha value is -2.58. The average molecular weight is 460 g/mol. The van der Waals surface area contributed by atoms with Gasteiger partial charge in [-0.15, -0.1) is 0 Å². The summed E-state index contributed by atoms with van der Waals surface area (Å²) in [6.45, 7) is 6.24. The topological polar surface area (TPSA) is 79.0 Å². The molecule has 1 amide bonds. The first-order valence-corrected chi connectivity index (χ1v) is 12.6. The maximum absolute atomic E-state index is 13.0. The molecule has 0 atom stereocenters. The van der Waals surface area contributed by atoms with Gasteiger partial charge in [0.25, 0.3) is 0 Å². The average Bonchev–Trinajstić information content (AvgIpc) is 3.33. The van der Waals surface area contributed by atoms with Crippen molar-refractivity contribution in [2.75, 3.05) is 43.5 Å². The molecule has 0 unspecified atom stereocenters. The Labute approximate surface area is 191 Å². The Kier molecular flexibility index (Phi) is 8.15. The van der Waals surface area contributed by atoms with E-state index in [0.717, 1.165) is 42.9 Å². The fourth-order valence-corrected chi connectivity index (χ4v) is 5.47. The normalized spacial score (nSPS) is 14.1. The zero-order valence-electron chi connectivity index (χ0n) is 19.1. The van der Waals surface area contributed by atoms with Crippen LogP contribution < -0.4 is 15.0 Å². The van der Waals surface area contributed by atoms with Gasteiger partial charge < -0.3 is 15.0 Å². The number of hydrogen-bond acceptors (Lipinski definition) is 5. The number of ether oxygens (including phenoxy) is 1. The van der Waals surface area contributed by atoms with E-state index in [1.54, 1.807) is 19.2 Å². The summed E-state index contributed by atoms with van der Waals surface area (Å²) in [7, 11) is -1.99. The van der Waals surface area contributed by atoms with Crippen molar-refractivity contribution in [3.8, 4) is 5.75 Å². The Balaban J connectivity index is 1.80. The molecule has 1 N–H and O–H groups in total. The van der Waals surface area contributed by atoms with Crippen molar-refractivity contribution in [3.05, 3.63) is 48.0 Å². The van der Waals surface area contributed by atoms with Crippen LogP contribution >= 0.6 is 0 Å². The third kappa shape index (κ3) is 5.61. The molecule has 0 aliphatic carbocycles. The van der Waals surface area contributed by atoms with Crippen molar-refractivity contribution < 1.29 is 17.9 Å². The van der Waals surface area contributed by atoms with Crippen molar-refractivity contribution in [2.24, 2.45) is 0 Å². The number of sulfonamides is 1. The number of hydrogen-bond donors (Lipinski definition) is 1. The molecule has 2 aromatic rings. The molecule has 0 aromatic heterocycles. The van der Waals surface area contributed by atoms with Gasteiger partial charge in [-0.2, -0.15) is 4.31 Å². The first-order valence-electron chi connectivity index (χ1n) is 11.2. The summed E-state index contributed by atoms with van der Waals surface area (Å²) >= 11 is 0. The first-order chi connectivity index (χ1) is 15.4. The lowest BCUT2D eigenvalue weighted by atomic mass is 10.1. The van der Waals surface area contributed by atoms with Crippen molar-refractivity contribution in [1.82, 2.24) is 4.31 Å². The van der Waals surface area contributed by atoms with E-state index in [9.17, 15) is 13.2 Å². The summed E-state index contributed by atoms with van der Waals surface area (Å²) in [5.41, 5.74) is 2.47. The number of amides is 1. The van der Waals surface area contributed by atoms with Gasteiger partial charge in [0, 0.05) is 32.6 Å².